The van der Waals surface area contributed by atoms with Gasteiger partial charge in [-0.05, 0) is 0 Å². The van der Waals surface area contributed by atoms with Crippen LogP contribution in [0.3, 0.4) is 0 Å². The van der Waals surface area contributed by atoms with Crippen LogP contribution in [-0.2, 0) is 16.1 Å². The molecule has 0 atom stereocenters. The second kappa shape index (κ2) is 6.47. The van der Waals surface area contributed by atoms with Crippen molar-refractivity contribution in [3.63, 3.8) is 0 Å². The first-order valence-electron chi connectivity index (χ1n) is 4.26. The van der Waals surface area contributed by atoms with Crippen LogP contribution in [0.25, 0.3) is 0 Å². The molecule has 78 valence electrons. The molecule has 0 aliphatic rings. The number of nitrogens with two attached hydrogens (primary N) is 1. The zero-order valence-corrected chi connectivity index (χ0v) is 8.55. The number of nitrogens with one attached hydrogen (secondary N) is 1. The number of rotatable bonds is 6. The molecule has 1 rings (SSSR count). The zero-order valence-electron chi connectivity index (χ0n) is 7.73. The van der Waals surface area contributed by atoms with E-state index in [-0.39, 0.29) is 12.5 Å². The Morgan fingerprint density at radius 2 is 2.57 bits per heavy atom. The molecule has 3 N–H and O–H groups in total. The summed E-state index contributed by atoms with van der Waals surface area (Å²) in [5.74, 6) is -0.145. The summed E-state index contributed by atoms with van der Waals surface area (Å²) >= 11 is 1.51. The van der Waals surface area contributed by atoms with Crippen molar-refractivity contribution in [2.75, 3.05) is 19.8 Å². The van der Waals surface area contributed by atoms with E-state index in [0.717, 1.165) is 5.01 Å². The molecule has 6 heteroatoms. The highest BCUT2D eigenvalue weighted by molar-refractivity contribution is 7.09. The summed E-state index contributed by atoms with van der Waals surface area (Å²) in [6.45, 7) is 1.36. The minimum absolute atomic E-state index is 0.0581. The Morgan fingerprint density at radius 1 is 1.71 bits per heavy atom. The number of carbonyl (C=O) groups excluding carboxylic acids is 1. The summed E-state index contributed by atoms with van der Waals surface area (Å²) in [7, 11) is 0. The molecular weight excluding hydrogens is 202 g/mol. The number of aromatic nitrogens is 1. The van der Waals surface area contributed by atoms with E-state index in [0.29, 0.717) is 19.7 Å². The van der Waals surface area contributed by atoms with E-state index >= 15 is 0 Å². The Labute approximate surface area is 86.3 Å². The molecule has 0 radical (unpaired) electrons. The normalized spacial score (nSPS) is 10.1. The third-order valence-corrected chi connectivity index (χ3v) is 2.20. The van der Waals surface area contributed by atoms with Crippen LogP contribution >= 0.6 is 11.3 Å². The number of ether oxygens (including phenoxy) is 1. The quantitative estimate of drug-likeness (QED) is 0.641. The van der Waals surface area contributed by atoms with E-state index in [1.165, 1.54) is 11.3 Å². The summed E-state index contributed by atoms with van der Waals surface area (Å²) in [6, 6.07) is 0. The lowest BCUT2D eigenvalue weighted by molar-refractivity contribution is -0.125. The highest BCUT2D eigenvalue weighted by Crippen LogP contribution is 2.02. The highest BCUT2D eigenvalue weighted by atomic mass is 32.1. The SMILES string of the molecule is NCCOCC(=O)NCc1nccs1. The topological polar surface area (TPSA) is 77.2 Å². The van der Waals surface area contributed by atoms with E-state index in [4.69, 9.17) is 10.5 Å². The molecule has 0 saturated heterocycles. The van der Waals surface area contributed by atoms with Gasteiger partial charge in [0.05, 0.1) is 13.2 Å². The largest absolute Gasteiger partial charge is 0.370 e. The van der Waals surface area contributed by atoms with Gasteiger partial charge in [0.2, 0.25) is 5.91 Å². The number of hydrogen-bond acceptors (Lipinski definition) is 5. The Balaban J connectivity index is 2.09. The number of carbonyl (C=O) groups is 1. The molecule has 1 aromatic rings. The molecule has 0 unspecified atom stereocenters. The van der Waals surface area contributed by atoms with Crippen LogP contribution in [0.5, 0.6) is 0 Å². The second-order valence-electron chi connectivity index (χ2n) is 2.54. The maximum Gasteiger partial charge on any atom is 0.246 e. The Morgan fingerprint density at radius 3 is 3.21 bits per heavy atom. The van der Waals surface area contributed by atoms with Crippen LogP contribution in [0.1, 0.15) is 5.01 Å². The van der Waals surface area contributed by atoms with Gasteiger partial charge in [-0.3, -0.25) is 4.79 Å². The number of thiazole rings is 1. The number of hydrogen-bond donors (Lipinski definition) is 2. The van der Waals surface area contributed by atoms with Crippen LogP contribution in [0.4, 0.5) is 0 Å². The van der Waals surface area contributed by atoms with Crippen molar-refractivity contribution in [1.29, 1.82) is 0 Å². The summed E-state index contributed by atoms with van der Waals surface area (Å²) in [6.07, 6.45) is 1.71. The van der Waals surface area contributed by atoms with Crippen molar-refractivity contribution in [1.82, 2.24) is 10.3 Å². The smallest absolute Gasteiger partial charge is 0.246 e. The first-order valence-corrected chi connectivity index (χ1v) is 5.14. The van der Waals surface area contributed by atoms with Crippen molar-refractivity contribution in [3.8, 4) is 0 Å². The molecule has 1 heterocycles. The molecular formula is C8H13N3O2S. The molecule has 1 aromatic heterocycles. The average molecular weight is 215 g/mol. The summed E-state index contributed by atoms with van der Waals surface area (Å²) in [5, 5.41) is 5.44. The number of amides is 1. The summed E-state index contributed by atoms with van der Waals surface area (Å²) < 4.78 is 4.96. The predicted molar refractivity (Wildman–Crippen MR) is 53.8 cm³/mol. The van der Waals surface area contributed by atoms with Gasteiger partial charge in [0, 0.05) is 18.1 Å². The fourth-order valence-corrected chi connectivity index (χ4v) is 1.37. The molecule has 0 aliphatic carbocycles. The van der Waals surface area contributed by atoms with Crippen LogP contribution in [0, 0.1) is 0 Å². The minimum Gasteiger partial charge on any atom is -0.370 e. The first-order chi connectivity index (χ1) is 6.83. The van der Waals surface area contributed by atoms with Crippen molar-refractivity contribution in [2.45, 2.75) is 6.54 Å². The first kappa shape index (κ1) is 11.1. The van der Waals surface area contributed by atoms with Crippen LogP contribution in [0.15, 0.2) is 11.6 Å². The Kier molecular flexibility index (Phi) is 5.13. The van der Waals surface area contributed by atoms with Gasteiger partial charge in [0.1, 0.15) is 11.6 Å². The number of nitrogens with zero attached hydrogens (tertiary/aromatic N) is 1. The lowest BCUT2D eigenvalue weighted by atomic mass is 10.5. The lowest BCUT2D eigenvalue weighted by Crippen LogP contribution is -2.28. The summed E-state index contributed by atoms with van der Waals surface area (Å²) in [5.41, 5.74) is 5.20. The average Bonchev–Trinajstić information content (AvgIpc) is 2.68. The van der Waals surface area contributed by atoms with Crippen molar-refractivity contribution in [3.05, 3.63) is 16.6 Å². The Hall–Kier alpha value is -0.980. The van der Waals surface area contributed by atoms with E-state index in [9.17, 15) is 4.79 Å². The van der Waals surface area contributed by atoms with Gasteiger partial charge >= 0.3 is 0 Å². The third-order valence-electron chi connectivity index (χ3n) is 1.42. The van der Waals surface area contributed by atoms with Crippen LogP contribution < -0.4 is 11.1 Å². The fourth-order valence-electron chi connectivity index (χ4n) is 0.814. The standard InChI is InChI=1S/C8H13N3O2S/c9-1-3-13-6-7(12)11-5-8-10-2-4-14-8/h2,4H,1,3,5-6,9H2,(H,11,12). The molecule has 5 nitrogen and oxygen atoms in total. The van der Waals surface area contributed by atoms with Crippen molar-refractivity contribution < 1.29 is 9.53 Å². The molecule has 0 fully saturated rings. The van der Waals surface area contributed by atoms with Gasteiger partial charge in [0.15, 0.2) is 0 Å². The third kappa shape index (κ3) is 4.31. The highest BCUT2D eigenvalue weighted by Gasteiger charge is 2.01. The van der Waals surface area contributed by atoms with Gasteiger partial charge in [-0.1, -0.05) is 0 Å². The van der Waals surface area contributed by atoms with Gasteiger partial charge in [-0.15, -0.1) is 11.3 Å². The molecule has 0 saturated carbocycles. The zero-order chi connectivity index (χ0) is 10.2. The molecule has 0 aliphatic heterocycles. The monoisotopic (exact) mass is 215 g/mol. The predicted octanol–water partition coefficient (Wildman–Crippen LogP) is -0.265. The molecule has 0 spiro atoms. The van der Waals surface area contributed by atoms with Crippen LogP contribution in [-0.4, -0.2) is 30.6 Å². The second-order valence-corrected chi connectivity index (χ2v) is 3.52. The van der Waals surface area contributed by atoms with E-state index < -0.39 is 0 Å². The maximum absolute atomic E-state index is 11.1. The van der Waals surface area contributed by atoms with E-state index in [2.05, 4.69) is 10.3 Å². The van der Waals surface area contributed by atoms with E-state index in [1.807, 2.05) is 5.38 Å². The molecule has 14 heavy (non-hydrogen) atoms. The molecule has 1 amide bonds. The van der Waals surface area contributed by atoms with Crippen molar-refractivity contribution in [2.24, 2.45) is 5.73 Å². The van der Waals surface area contributed by atoms with Gasteiger partial charge in [-0.2, -0.15) is 0 Å². The van der Waals surface area contributed by atoms with Gasteiger partial charge in [0.25, 0.3) is 0 Å². The molecule has 0 aromatic carbocycles. The summed E-state index contributed by atoms with van der Waals surface area (Å²) in [4.78, 5) is 15.1. The van der Waals surface area contributed by atoms with Gasteiger partial charge in [-0.25, -0.2) is 4.98 Å². The Bertz CT molecular complexity index is 264. The lowest BCUT2D eigenvalue weighted by Gasteiger charge is -2.03. The minimum atomic E-state index is -0.145. The molecule has 0 bridgehead atoms. The van der Waals surface area contributed by atoms with Crippen molar-refractivity contribution >= 4 is 17.2 Å². The fraction of sp³-hybridized carbons (Fsp3) is 0.500. The van der Waals surface area contributed by atoms with Crippen LogP contribution in [0.2, 0.25) is 0 Å². The maximum atomic E-state index is 11.1. The van der Waals surface area contributed by atoms with Gasteiger partial charge < -0.3 is 15.8 Å². The van der Waals surface area contributed by atoms with E-state index in [1.54, 1.807) is 6.20 Å².